The Morgan fingerprint density at radius 3 is 2.74 bits per heavy atom. The number of alkyl halides is 3. The van der Waals surface area contributed by atoms with Gasteiger partial charge in [-0.3, -0.25) is 0 Å². The van der Waals surface area contributed by atoms with E-state index < -0.39 is 17.7 Å². The molecule has 0 bridgehead atoms. The second-order valence-electron chi connectivity index (χ2n) is 5.78. The van der Waals surface area contributed by atoms with E-state index in [9.17, 15) is 18.3 Å². The molecule has 0 spiro atoms. The molecule has 0 amide bonds. The van der Waals surface area contributed by atoms with Crippen molar-refractivity contribution >= 4 is 0 Å². The number of aliphatic hydroxyl groups is 1. The van der Waals surface area contributed by atoms with Crippen LogP contribution < -0.4 is 0 Å². The van der Waals surface area contributed by atoms with Gasteiger partial charge >= 0.3 is 6.18 Å². The summed E-state index contributed by atoms with van der Waals surface area (Å²) in [6.07, 6.45) is -0.288. The van der Waals surface area contributed by atoms with Crippen LogP contribution in [0, 0.1) is 23.2 Å². The number of hydrogen-bond donors (Lipinski definition) is 1. The highest BCUT2D eigenvalue weighted by Crippen LogP contribution is 2.40. The third-order valence-corrected chi connectivity index (χ3v) is 4.50. The maximum Gasteiger partial charge on any atom is 0.405 e. The van der Waals surface area contributed by atoms with Crippen LogP contribution in [-0.4, -0.2) is 41.4 Å². The minimum absolute atomic E-state index is 0.0579. The highest BCUT2D eigenvalue weighted by molar-refractivity contribution is 4.98. The van der Waals surface area contributed by atoms with Crippen LogP contribution in [0.1, 0.15) is 32.1 Å². The molecule has 2 rings (SSSR count). The Balaban J connectivity index is 1.96. The molecule has 2 aliphatic rings. The van der Waals surface area contributed by atoms with Gasteiger partial charge in [0.1, 0.15) is 0 Å². The lowest BCUT2D eigenvalue weighted by Gasteiger charge is -2.47. The molecule has 0 aromatic rings. The van der Waals surface area contributed by atoms with Crippen molar-refractivity contribution in [2.45, 2.75) is 43.9 Å². The first kappa shape index (κ1) is 14.6. The Bertz CT molecular complexity index is 366. The topological polar surface area (TPSA) is 47.3 Å². The van der Waals surface area contributed by atoms with Crippen molar-refractivity contribution < 1.29 is 18.3 Å². The van der Waals surface area contributed by atoms with Gasteiger partial charge in [-0.05, 0) is 19.3 Å². The molecule has 2 fully saturated rings. The molecule has 3 nitrogen and oxygen atoms in total. The van der Waals surface area contributed by atoms with Crippen LogP contribution >= 0.6 is 0 Å². The molecular weight excluding hydrogens is 257 g/mol. The summed E-state index contributed by atoms with van der Waals surface area (Å²) in [6, 6.07) is 1.34. The lowest BCUT2D eigenvalue weighted by atomic mass is 9.71. The van der Waals surface area contributed by atoms with Crippen molar-refractivity contribution in [3.63, 3.8) is 0 Å². The molecule has 0 aromatic heterocycles. The van der Waals surface area contributed by atoms with E-state index >= 15 is 0 Å². The number of halogens is 3. The molecule has 1 heterocycles. The third-order valence-electron chi connectivity index (χ3n) is 4.50. The van der Waals surface area contributed by atoms with Gasteiger partial charge in [0.2, 0.25) is 0 Å². The standard InChI is InChI=1S/C13H19F3N2O/c14-13(15,16)11(7-17)9-18-6-5-12(19)4-2-1-3-10(12)8-18/h10-11,19H,1-6,8-9H2. The largest absolute Gasteiger partial charge is 0.405 e. The molecule has 1 N–H and O–H groups in total. The monoisotopic (exact) mass is 276 g/mol. The first-order valence-electron chi connectivity index (χ1n) is 6.76. The smallest absolute Gasteiger partial charge is 0.390 e. The van der Waals surface area contributed by atoms with E-state index in [0.29, 0.717) is 19.5 Å². The normalized spacial score (nSPS) is 34.4. The Morgan fingerprint density at radius 1 is 1.37 bits per heavy atom. The molecular formula is C13H19F3N2O. The lowest BCUT2D eigenvalue weighted by molar-refractivity contribution is -0.168. The summed E-state index contributed by atoms with van der Waals surface area (Å²) in [6.45, 7) is 0.651. The molecule has 108 valence electrons. The Hall–Kier alpha value is -0.800. The van der Waals surface area contributed by atoms with Crippen LogP contribution in [0.2, 0.25) is 0 Å². The van der Waals surface area contributed by atoms with Gasteiger partial charge in [0.15, 0.2) is 5.92 Å². The molecule has 1 aliphatic carbocycles. The van der Waals surface area contributed by atoms with Gasteiger partial charge in [-0.25, -0.2) is 0 Å². The molecule has 1 aliphatic heterocycles. The first-order valence-corrected chi connectivity index (χ1v) is 6.76. The summed E-state index contributed by atoms with van der Waals surface area (Å²) >= 11 is 0. The van der Waals surface area contributed by atoms with Gasteiger partial charge in [0.25, 0.3) is 0 Å². The minimum atomic E-state index is -4.46. The molecule has 0 aromatic carbocycles. The van der Waals surface area contributed by atoms with Gasteiger partial charge in [0.05, 0.1) is 11.7 Å². The molecule has 19 heavy (non-hydrogen) atoms. The molecule has 1 saturated carbocycles. The zero-order valence-electron chi connectivity index (χ0n) is 10.8. The summed E-state index contributed by atoms with van der Waals surface area (Å²) < 4.78 is 37.8. The zero-order valence-corrected chi connectivity index (χ0v) is 10.8. The van der Waals surface area contributed by atoms with E-state index in [1.54, 1.807) is 4.90 Å². The van der Waals surface area contributed by atoms with Gasteiger partial charge in [-0.2, -0.15) is 18.4 Å². The predicted octanol–water partition coefficient (Wildman–Crippen LogP) is 2.32. The van der Waals surface area contributed by atoms with Crippen LogP contribution in [0.4, 0.5) is 13.2 Å². The maximum atomic E-state index is 12.6. The Kier molecular flexibility index (Phi) is 4.07. The van der Waals surface area contributed by atoms with Crippen LogP contribution in [0.25, 0.3) is 0 Å². The van der Waals surface area contributed by atoms with Gasteiger partial charge in [-0.1, -0.05) is 12.8 Å². The van der Waals surface area contributed by atoms with E-state index in [2.05, 4.69) is 0 Å². The lowest BCUT2D eigenvalue weighted by Crippen LogP contribution is -2.54. The van der Waals surface area contributed by atoms with Crippen molar-refractivity contribution in [2.75, 3.05) is 19.6 Å². The predicted molar refractivity (Wildman–Crippen MR) is 63.1 cm³/mol. The SMILES string of the molecule is N#CC(CN1CCC2(O)CCCCC2C1)C(F)(F)F. The van der Waals surface area contributed by atoms with Crippen molar-refractivity contribution in [3.8, 4) is 6.07 Å². The van der Waals surface area contributed by atoms with Crippen LogP contribution in [0.5, 0.6) is 0 Å². The number of piperidine rings is 1. The van der Waals surface area contributed by atoms with Crippen molar-refractivity contribution in [2.24, 2.45) is 11.8 Å². The molecule has 0 radical (unpaired) electrons. The van der Waals surface area contributed by atoms with Gasteiger partial charge in [0, 0.05) is 25.6 Å². The summed E-state index contributed by atoms with van der Waals surface area (Å²) in [5.74, 6) is -1.87. The average Bonchev–Trinajstić information content (AvgIpc) is 2.34. The van der Waals surface area contributed by atoms with Crippen molar-refractivity contribution in [1.29, 1.82) is 5.26 Å². The maximum absolute atomic E-state index is 12.6. The molecule has 3 unspecified atom stereocenters. The van der Waals surface area contributed by atoms with E-state index in [0.717, 1.165) is 25.7 Å². The zero-order chi connectivity index (χ0) is 14.1. The number of nitrogens with zero attached hydrogens (tertiary/aromatic N) is 2. The second kappa shape index (κ2) is 5.29. The molecule has 3 atom stereocenters. The number of likely N-dealkylation sites (tertiary alicyclic amines) is 1. The second-order valence-corrected chi connectivity index (χ2v) is 5.78. The van der Waals surface area contributed by atoms with E-state index in [1.807, 2.05) is 0 Å². The van der Waals surface area contributed by atoms with Crippen molar-refractivity contribution in [1.82, 2.24) is 4.90 Å². The summed E-state index contributed by atoms with van der Waals surface area (Å²) in [4.78, 5) is 1.69. The first-order chi connectivity index (χ1) is 8.85. The number of nitriles is 1. The fraction of sp³-hybridized carbons (Fsp3) is 0.923. The summed E-state index contributed by atoms with van der Waals surface area (Å²) in [5, 5.41) is 19.1. The van der Waals surface area contributed by atoms with Crippen LogP contribution in [-0.2, 0) is 0 Å². The number of rotatable bonds is 2. The summed E-state index contributed by atoms with van der Waals surface area (Å²) in [7, 11) is 0. The highest BCUT2D eigenvalue weighted by Gasteiger charge is 2.46. The van der Waals surface area contributed by atoms with E-state index in [4.69, 9.17) is 5.26 Å². The quantitative estimate of drug-likeness (QED) is 0.842. The molecule has 1 saturated heterocycles. The van der Waals surface area contributed by atoms with Crippen LogP contribution in [0.15, 0.2) is 0 Å². The van der Waals surface area contributed by atoms with Gasteiger partial charge < -0.3 is 10.0 Å². The third kappa shape index (κ3) is 3.21. The number of fused-ring (bicyclic) bond motifs is 1. The molecule has 6 heteroatoms. The fourth-order valence-corrected chi connectivity index (χ4v) is 3.28. The Labute approximate surface area is 111 Å². The summed E-state index contributed by atoms with van der Waals surface area (Å²) in [5.41, 5.74) is -0.685. The van der Waals surface area contributed by atoms with E-state index in [1.165, 1.54) is 6.07 Å². The average molecular weight is 276 g/mol. The highest BCUT2D eigenvalue weighted by atomic mass is 19.4. The fourth-order valence-electron chi connectivity index (χ4n) is 3.28. The number of hydrogen-bond acceptors (Lipinski definition) is 3. The minimum Gasteiger partial charge on any atom is -0.390 e. The Morgan fingerprint density at radius 2 is 2.11 bits per heavy atom. The van der Waals surface area contributed by atoms with E-state index in [-0.39, 0.29) is 12.5 Å². The van der Waals surface area contributed by atoms with Gasteiger partial charge in [-0.15, -0.1) is 0 Å². The van der Waals surface area contributed by atoms with Crippen LogP contribution in [0.3, 0.4) is 0 Å². The van der Waals surface area contributed by atoms with Crippen molar-refractivity contribution in [3.05, 3.63) is 0 Å².